The Kier molecular flexibility index (Phi) is 7.71. The predicted molar refractivity (Wildman–Crippen MR) is 96.2 cm³/mol. The Hall–Kier alpha value is -2.08. The fourth-order valence-corrected chi connectivity index (χ4v) is 2.05. The first-order valence-electron chi connectivity index (χ1n) is 8.25. The van der Waals surface area contributed by atoms with E-state index in [4.69, 9.17) is 4.74 Å². The number of benzene rings is 1. The molecule has 0 aliphatic heterocycles. The molecule has 0 fully saturated rings. The highest BCUT2D eigenvalue weighted by Crippen LogP contribution is 2.26. The lowest BCUT2D eigenvalue weighted by molar-refractivity contribution is -0.138. The summed E-state index contributed by atoms with van der Waals surface area (Å²) in [5.74, 6) is -0.0528. The van der Waals surface area contributed by atoms with Gasteiger partial charge in [0.1, 0.15) is 11.2 Å². The van der Waals surface area contributed by atoms with E-state index in [0.717, 1.165) is 13.0 Å². The third-order valence-corrected chi connectivity index (χ3v) is 3.64. The van der Waals surface area contributed by atoms with Gasteiger partial charge in [-0.15, -0.1) is 0 Å². The Morgan fingerprint density at radius 2 is 1.83 bits per heavy atom. The van der Waals surface area contributed by atoms with E-state index in [1.807, 2.05) is 33.2 Å². The van der Waals surface area contributed by atoms with Crippen molar-refractivity contribution in [3.8, 4) is 5.75 Å². The molecule has 0 aromatic heterocycles. The summed E-state index contributed by atoms with van der Waals surface area (Å²) in [6, 6.07) is 7.19. The molecule has 0 saturated heterocycles. The summed E-state index contributed by atoms with van der Waals surface area (Å²) in [6.07, 6.45) is 0.837. The van der Waals surface area contributed by atoms with Gasteiger partial charge in [0.2, 0.25) is 11.8 Å². The van der Waals surface area contributed by atoms with Crippen LogP contribution < -0.4 is 15.4 Å². The van der Waals surface area contributed by atoms with Gasteiger partial charge in [0.05, 0.1) is 12.3 Å². The summed E-state index contributed by atoms with van der Waals surface area (Å²) in [5.41, 5.74) is -0.602. The lowest BCUT2D eigenvalue weighted by Crippen LogP contribution is -2.45. The lowest BCUT2D eigenvalue weighted by Gasteiger charge is -2.23. The minimum atomic E-state index is -1.17. The first-order valence-corrected chi connectivity index (χ1v) is 8.25. The van der Waals surface area contributed by atoms with Crippen molar-refractivity contribution in [2.24, 2.45) is 5.41 Å². The molecule has 134 valence electrons. The number of amides is 2. The van der Waals surface area contributed by atoms with Crippen LogP contribution in [-0.4, -0.2) is 50.5 Å². The largest absolute Gasteiger partial charge is 0.492 e. The quantitative estimate of drug-likeness (QED) is 0.536. The number of rotatable bonds is 9. The number of nitrogens with zero attached hydrogens (tertiary/aromatic N) is 1. The van der Waals surface area contributed by atoms with Gasteiger partial charge in [-0.2, -0.15) is 0 Å². The van der Waals surface area contributed by atoms with Crippen molar-refractivity contribution in [2.45, 2.75) is 27.2 Å². The summed E-state index contributed by atoms with van der Waals surface area (Å²) >= 11 is 0. The van der Waals surface area contributed by atoms with E-state index in [9.17, 15) is 9.59 Å². The van der Waals surface area contributed by atoms with E-state index >= 15 is 0 Å². The number of carbonyl (C=O) groups is 2. The molecule has 2 N–H and O–H groups in total. The summed E-state index contributed by atoms with van der Waals surface area (Å²) in [4.78, 5) is 26.9. The van der Waals surface area contributed by atoms with Crippen LogP contribution in [-0.2, 0) is 9.59 Å². The van der Waals surface area contributed by atoms with Gasteiger partial charge in [0.15, 0.2) is 0 Å². The zero-order valence-electron chi connectivity index (χ0n) is 15.3. The van der Waals surface area contributed by atoms with Gasteiger partial charge >= 0.3 is 0 Å². The number of carbonyl (C=O) groups excluding carboxylic acids is 2. The van der Waals surface area contributed by atoms with Gasteiger partial charge in [-0.05, 0) is 60.0 Å². The van der Waals surface area contributed by atoms with E-state index < -0.39 is 5.41 Å². The molecular weight excluding hydrogens is 306 g/mol. The Bertz CT molecular complexity index is 556. The zero-order valence-corrected chi connectivity index (χ0v) is 15.3. The summed E-state index contributed by atoms with van der Waals surface area (Å²) in [5, 5.41) is 5.62. The van der Waals surface area contributed by atoms with E-state index in [1.165, 1.54) is 0 Å². The Labute approximate surface area is 144 Å². The van der Waals surface area contributed by atoms with Crippen molar-refractivity contribution in [1.82, 2.24) is 10.2 Å². The highest BCUT2D eigenvalue weighted by molar-refractivity contribution is 6.10. The lowest BCUT2D eigenvalue weighted by atomic mass is 9.91. The smallest absolute Gasteiger partial charge is 0.239 e. The SMILES string of the molecule is CCOc1ccccc1NC(=O)C(C)(C)C(=O)NCCCN(C)C. The summed E-state index contributed by atoms with van der Waals surface area (Å²) < 4.78 is 5.49. The Balaban J connectivity index is 2.66. The number of nitrogens with one attached hydrogen (secondary N) is 2. The third kappa shape index (κ3) is 5.85. The van der Waals surface area contributed by atoms with Gasteiger partial charge in [-0.3, -0.25) is 9.59 Å². The average molecular weight is 335 g/mol. The first kappa shape index (κ1) is 20.0. The van der Waals surface area contributed by atoms with Gasteiger partial charge < -0.3 is 20.3 Å². The Morgan fingerprint density at radius 1 is 1.17 bits per heavy atom. The average Bonchev–Trinajstić information content (AvgIpc) is 2.53. The molecule has 6 heteroatoms. The monoisotopic (exact) mass is 335 g/mol. The first-order chi connectivity index (χ1) is 11.3. The van der Waals surface area contributed by atoms with Crippen LogP contribution >= 0.6 is 0 Å². The molecule has 0 unspecified atom stereocenters. The molecule has 0 aliphatic rings. The van der Waals surface area contributed by atoms with Crippen LogP contribution in [0, 0.1) is 5.41 Å². The molecule has 2 amide bonds. The van der Waals surface area contributed by atoms with Crippen molar-refractivity contribution >= 4 is 17.5 Å². The third-order valence-electron chi connectivity index (χ3n) is 3.64. The minimum Gasteiger partial charge on any atom is -0.492 e. The molecule has 1 aromatic rings. The van der Waals surface area contributed by atoms with Crippen LogP contribution in [0.25, 0.3) is 0 Å². The van der Waals surface area contributed by atoms with E-state index in [0.29, 0.717) is 24.6 Å². The molecule has 0 heterocycles. The van der Waals surface area contributed by atoms with Crippen molar-refractivity contribution in [3.63, 3.8) is 0 Å². The molecule has 0 spiro atoms. The Morgan fingerprint density at radius 3 is 2.46 bits per heavy atom. The molecule has 0 radical (unpaired) electrons. The highest BCUT2D eigenvalue weighted by atomic mass is 16.5. The van der Waals surface area contributed by atoms with Gasteiger partial charge in [0, 0.05) is 6.54 Å². The van der Waals surface area contributed by atoms with Crippen LogP contribution in [0.15, 0.2) is 24.3 Å². The molecule has 0 saturated carbocycles. The fourth-order valence-electron chi connectivity index (χ4n) is 2.05. The van der Waals surface area contributed by atoms with Crippen LogP contribution in [0.1, 0.15) is 27.2 Å². The number of para-hydroxylation sites is 2. The maximum atomic E-state index is 12.5. The molecule has 24 heavy (non-hydrogen) atoms. The van der Waals surface area contributed by atoms with E-state index in [-0.39, 0.29) is 11.8 Å². The molecular formula is C18H29N3O3. The fraction of sp³-hybridized carbons (Fsp3) is 0.556. The normalized spacial score (nSPS) is 11.2. The second-order valence-corrected chi connectivity index (χ2v) is 6.42. The molecule has 0 atom stereocenters. The van der Waals surface area contributed by atoms with Crippen molar-refractivity contribution in [1.29, 1.82) is 0 Å². The van der Waals surface area contributed by atoms with E-state index in [1.54, 1.807) is 26.0 Å². The number of hydrogen-bond donors (Lipinski definition) is 2. The maximum absolute atomic E-state index is 12.5. The molecule has 6 nitrogen and oxygen atoms in total. The van der Waals surface area contributed by atoms with E-state index in [2.05, 4.69) is 15.5 Å². The number of anilines is 1. The second kappa shape index (κ2) is 9.27. The van der Waals surface area contributed by atoms with Crippen molar-refractivity contribution < 1.29 is 14.3 Å². The van der Waals surface area contributed by atoms with Crippen LogP contribution in [0.5, 0.6) is 5.75 Å². The van der Waals surface area contributed by atoms with Gasteiger partial charge in [-0.25, -0.2) is 0 Å². The summed E-state index contributed by atoms with van der Waals surface area (Å²) in [7, 11) is 3.96. The molecule has 0 aliphatic carbocycles. The maximum Gasteiger partial charge on any atom is 0.239 e. The van der Waals surface area contributed by atoms with Gasteiger partial charge in [-0.1, -0.05) is 12.1 Å². The van der Waals surface area contributed by atoms with Crippen LogP contribution in [0.2, 0.25) is 0 Å². The summed E-state index contributed by atoms with van der Waals surface area (Å²) in [6.45, 7) is 7.05. The second-order valence-electron chi connectivity index (χ2n) is 6.42. The number of hydrogen-bond acceptors (Lipinski definition) is 4. The number of ether oxygens (including phenoxy) is 1. The highest BCUT2D eigenvalue weighted by Gasteiger charge is 2.36. The standard InChI is InChI=1S/C18H29N3O3/c1-6-24-15-11-8-7-10-14(15)20-17(23)18(2,3)16(22)19-12-9-13-21(4)5/h7-8,10-11H,6,9,12-13H2,1-5H3,(H,19,22)(H,20,23). The topological polar surface area (TPSA) is 70.7 Å². The zero-order chi connectivity index (χ0) is 18.2. The molecule has 1 aromatic carbocycles. The van der Waals surface area contributed by atoms with Crippen molar-refractivity contribution in [2.75, 3.05) is 39.1 Å². The van der Waals surface area contributed by atoms with Gasteiger partial charge in [0.25, 0.3) is 0 Å². The van der Waals surface area contributed by atoms with Crippen LogP contribution in [0.3, 0.4) is 0 Å². The minimum absolute atomic E-state index is 0.285. The predicted octanol–water partition coefficient (Wildman–Crippen LogP) is 2.12. The molecule has 1 rings (SSSR count). The van der Waals surface area contributed by atoms with Crippen molar-refractivity contribution in [3.05, 3.63) is 24.3 Å². The van der Waals surface area contributed by atoms with Crippen LogP contribution in [0.4, 0.5) is 5.69 Å². The molecule has 0 bridgehead atoms.